The molecule has 1 aromatic heterocycles. The fraction of sp³-hybridized carbons (Fsp3) is 0.227. The van der Waals surface area contributed by atoms with Crippen molar-refractivity contribution in [1.29, 1.82) is 0 Å². The van der Waals surface area contributed by atoms with E-state index in [0.29, 0.717) is 23.4 Å². The molecule has 1 aliphatic heterocycles. The topological polar surface area (TPSA) is 89.3 Å². The zero-order chi connectivity index (χ0) is 22.0. The molecule has 4 rings (SSSR count). The van der Waals surface area contributed by atoms with Crippen molar-refractivity contribution in [3.63, 3.8) is 0 Å². The number of rotatable bonds is 5. The van der Waals surface area contributed by atoms with Gasteiger partial charge in [0, 0.05) is 17.3 Å². The van der Waals surface area contributed by atoms with Crippen LogP contribution in [0.1, 0.15) is 6.42 Å². The number of para-hydroxylation sites is 1. The van der Waals surface area contributed by atoms with Crippen LogP contribution in [0.4, 0.5) is 10.1 Å². The third-order valence-corrected chi connectivity index (χ3v) is 6.92. The van der Waals surface area contributed by atoms with E-state index >= 15 is 0 Å². The summed E-state index contributed by atoms with van der Waals surface area (Å²) < 4.78 is 38.3. The Morgan fingerprint density at radius 2 is 1.77 bits per heavy atom. The molecule has 0 N–H and O–H groups in total. The molecular formula is C22H20FN3O4S. The third kappa shape index (κ3) is 4.72. The third-order valence-electron chi connectivity index (χ3n) is 5.17. The molecule has 0 spiro atoms. The highest BCUT2D eigenvalue weighted by Gasteiger charge is 2.35. The van der Waals surface area contributed by atoms with Gasteiger partial charge in [0.1, 0.15) is 12.4 Å². The molecule has 160 valence electrons. The van der Waals surface area contributed by atoms with Crippen LogP contribution in [0, 0.1) is 5.82 Å². The number of hydrogen-bond acceptors (Lipinski definition) is 5. The van der Waals surface area contributed by atoms with E-state index in [9.17, 15) is 22.4 Å². The molecule has 1 saturated heterocycles. The van der Waals surface area contributed by atoms with Crippen LogP contribution in [-0.4, -0.2) is 41.7 Å². The van der Waals surface area contributed by atoms with Gasteiger partial charge in [-0.15, -0.1) is 0 Å². The lowest BCUT2D eigenvalue weighted by molar-refractivity contribution is -0.119. The van der Waals surface area contributed by atoms with Crippen molar-refractivity contribution < 1.29 is 17.6 Å². The van der Waals surface area contributed by atoms with Gasteiger partial charge in [0.05, 0.1) is 23.2 Å². The Morgan fingerprint density at radius 3 is 2.42 bits per heavy atom. The van der Waals surface area contributed by atoms with Crippen molar-refractivity contribution in [3.8, 4) is 11.3 Å². The smallest absolute Gasteiger partial charge is 0.267 e. The van der Waals surface area contributed by atoms with Crippen LogP contribution in [0.15, 0.2) is 71.5 Å². The van der Waals surface area contributed by atoms with Gasteiger partial charge >= 0.3 is 0 Å². The summed E-state index contributed by atoms with van der Waals surface area (Å²) in [6.45, 7) is -0.348. The average molecular weight is 441 g/mol. The Morgan fingerprint density at radius 1 is 1.06 bits per heavy atom. The summed E-state index contributed by atoms with van der Waals surface area (Å²) >= 11 is 0. The normalized spacial score (nSPS) is 17.4. The van der Waals surface area contributed by atoms with E-state index in [1.807, 2.05) is 0 Å². The molecule has 31 heavy (non-hydrogen) atoms. The van der Waals surface area contributed by atoms with Gasteiger partial charge in [0.25, 0.3) is 5.56 Å². The van der Waals surface area contributed by atoms with Crippen LogP contribution >= 0.6 is 0 Å². The number of benzene rings is 2. The highest BCUT2D eigenvalue weighted by Crippen LogP contribution is 2.25. The molecule has 1 unspecified atom stereocenters. The molecule has 0 saturated carbocycles. The first-order valence-electron chi connectivity index (χ1n) is 9.74. The molecule has 0 radical (unpaired) electrons. The first kappa shape index (κ1) is 20.9. The maximum absolute atomic E-state index is 13.2. The summed E-state index contributed by atoms with van der Waals surface area (Å²) in [6, 6.07) is 16.7. The van der Waals surface area contributed by atoms with Gasteiger partial charge in [-0.1, -0.05) is 18.2 Å². The molecule has 1 aliphatic rings. The van der Waals surface area contributed by atoms with Gasteiger partial charge in [-0.2, -0.15) is 5.10 Å². The molecule has 7 nitrogen and oxygen atoms in total. The number of nitrogens with zero attached hydrogens (tertiary/aromatic N) is 3. The molecule has 0 bridgehead atoms. The lowest BCUT2D eigenvalue weighted by Crippen LogP contribution is -2.44. The molecule has 9 heteroatoms. The van der Waals surface area contributed by atoms with Crippen molar-refractivity contribution in [2.75, 3.05) is 16.4 Å². The van der Waals surface area contributed by atoms with Crippen molar-refractivity contribution in [1.82, 2.24) is 9.78 Å². The number of sulfone groups is 1. The van der Waals surface area contributed by atoms with E-state index in [0.717, 1.165) is 4.68 Å². The van der Waals surface area contributed by atoms with Crippen molar-refractivity contribution in [2.24, 2.45) is 0 Å². The summed E-state index contributed by atoms with van der Waals surface area (Å²) in [5.74, 6) is -0.922. The Balaban J connectivity index is 1.65. The Labute approximate surface area is 178 Å². The van der Waals surface area contributed by atoms with E-state index in [2.05, 4.69) is 5.10 Å². The number of aromatic nitrogens is 2. The van der Waals surface area contributed by atoms with Crippen molar-refractivity contribution >= 4 is 21.4 Å². The highest BCUT2D eigenvalue weighted by molar-refractivity contribution is 7.91. The second-order valence-electron chi connectivity index (χ2n) is 7.38. The van der Waals surface area contributed by atoms with Crippen LogP contribution in [0.3, 0.4) is 0 Å². The zero-order valence-corrected chi connectivity index (χ0v) is 17.3. The summed E-state index contributed by atoms with van der Waals surface area (Å²) in [4.78, 5) is 27.0. The van der Waals surface area contributed by atoms with Gasteiger partial charge in [-0.3, -0.25) is 9.59 Å². The summed E-state index contributed by atoms with van der Waals surface area (Å²) in [5.41, 5.74) is 1.12. The Bertz CT molecular complexity index is 1260. The first-order chi connectivity index (χ1) is 14.8. The van der Waals surface area contributed by atoms with E-state index in [-0.39, 0.29) is 18.1 Å². The number of hydrogen-bond donors (Lipinski definition) is 0. The standard InChI is InChI=1S/C22H20FN3O4S/c23-17-8-6-16(7-9-17)20-10-11-21(27)25(24-20)14-22(28)26(18-4-2-1-3-5-18)19-12-13-31(29,30)15-19/h1-11,19H,12-15H2. The predicted molar refractivity (Wildman–Crippen MR) is 115 cm³/mol. The lowest BCUT2D eigenvalue weighted by atomic mass is 10.1. The van der Waals surface area contributed by atoms with Crippen LogP contribution in [0.2, 0.25) is 0 Å². The average Bonchev–Trinajstić information content (AvgIpc) is 3.10. The van der Waals surface area contributed by atoms with Crippen molar-refractivity contribution in [2.45, 2.75) is 19.0 Å². The quantitative estimate of drug-likeness (QED) is 0.606. The molecule has 0 aliphatic carbocycles. The molecule has 1 amide bonds. The van der Waals surface area contributed by atoms with Gasteiger partial charge in [-0.25, -0.2) is 17.5 Å². The van der Waals surface area contributed by atoms with Crippen LogP contribution in [-0.2, 0) is 21.2 Å². The van der Waals surface area contributed by atoms with Gasteiger partial charge in [-0.05, 0) is 48.9 Å². The lowest BCUT2D eigenvalue weighted by Gasteiger charge is -2.28. The van der Waals surface area contributed by atoms with Gasteiger partial charge in [0.2, 0.25) is 5.91 Å². The van der Waals surface area contributed by atoms with E-state index in [4.69, 9.17) is 0 Å². The fourth-order valence-electron chi connectivity index (χ4n) is 3.67. The molecule has 2 heterocycles. The summed E-state index contributed by atoms with van der Waals surface area (Å²) in [7, 11) is -3.22. The fourth-order valence-corrected chi connectivity index (χ4v) is 5.37. The maximum atomic E-state index is 13.2. The maximum Gasteiger partial charge on any atom is 0.267 e. The number of amides is 1. The molecule has 1 atom stereocenters. The number of anilines is 1. The minimum atomic E-state index is -3.22. The Hall–Kier alpha value is -3.33. The monoisotopic (exact) mass is 441 g/mol. The summed E-state index contributed by atoms with van der Waals surface area (Å²) in [6.07, 6.45) is 0.334. The second kappa shape index (κ2) is 8.43. The van der Waals surface area contributed by atoms with Gasteiger partial charge < -0.3 is 4.90 Å². The largest absolute Gasteiger partial charge is 0.307 e. The minimum Gasteiger partial charge on any atom is -0.307 e. The molecule has 1 fully saturated rings. The SMILES string of the molecule is O=C(Cn1nc(-c2ccc(F)cc2)ccc1=O)N(c1ccccc1)C1CCS(=O)(=O)C1. The molecule has 3 aromatic rings. The predicted octanol–water partition coefficient (Wildman–Crippen LogP) is 2.27. The zero-order valence-electron chi connectivity index (χ0n) is 16.5. The molecular weight excluding hydrogens is 421 g/mol. The number of halogens is 1. The van der Waals surface area contributed by atoms with E-state index < -0.39 is 33.2 Å². The number of carbonyl (C=O) groups is 1. The van der Waals surface area contributed by atoms with Crippen LogP contribution < -0.4 is 10.5 Å². The second-order valence-corrected chi connectivity index (χ2v) is 9.61. The molecule has 2 aromatic carbocycles. The van der Waals surface area contributed by atoms with E-state index in [1.165, 1.54) is 41.3 Å². The highest BCUT2D eigenvalue weighted by atomic mass is 32.2. The Kier molecular flexibility index (Phi) is 5.69. The van der Waals surface area contributed by atoms with Crippen LogP contribution in [0.5, 0.6) is 0 Å². The van der Waals surface area contributed by atoms with Crippen LogP contribution in [0.25, 0.3) is 11.3 Å². The summed E-state index contributed by atoms with van der Waals surface area (Å²) in [5, 5.41) is 4.26. The number of carbonyl (C=O) groups excluding carboxylic acids is 1. The first-order valence-corrected chi connectivity index (χ1v) is 11.6. The van der Waals surface area contributed by atoms with E-state index in [1.54, 1.807) is 30.3 Å². The minimum absolute atomic E-state index is 0.0204. The van der Waals surface area contributed by atoms with Crippen molar-refractivity contribution in [3.05, 3.63) is 82.9 Å². The van der Waals surface area contributed by atoms with Gasteiger partial charge in [0.15, 0.2) is 9.84 Å².